The fourth-order valence-electron chi connectivity index (χ4n) is 3.28. The molecule has 3 rings (SSSR count). The zero-order valence-electron chi connectivity index (χ0n) is 17.2. The second kappa shape index (κ2) is 8.79. The van der Waals surface area contributed by atoms with E-state index in [9.17, 15) is 14.4 Å². The number of Topliss-reactive ketones (excluding diaryl/α,β-unsaturated/α-hetero) is 1. The van der Waals surface area contributed by atoms with Crippen molar-refractivity contribution in [2.24, 2.45) is 5.92 Å². The number of hydrogen-bond acceptors (Lipinski definition) is 6. The number of ether oxygens (including phenoxy) is 3. The predicted octanol–water partition coefficient (Wildman–Crippen LogP) is 3.65. The van der Waals surface area contributed by atoms with Crippen LogP contribution in [0.4, 0.5) is 4.79 Å². The molecule has 160 valence electrons. The van der Waals surface area contributed by atoms with Crippen LogP contribution >= 0.6 is 11.6 Å². The maximum Gasteiger partial charge on any atom is 0.409 e. The lowest BCUT2D eigenvalue weighted by Crippen LogP contribution is -2.27. The topological polar surface area (TPSA) is 95.9 Å². The number of aromatic nitrogens is 1. The highest BCUT2D eigenvalue weighted by molar-refractivity contribution is 6.32. The number of nitrogens with one attached hydrogen (secondary N) is 1. The van der Waals surface area contributed by atoms with Crippen LogP contribution in [0.2, 0.25) is 5.02 Å². The minimum atomic E-state index is -0.633. The number of pyridine rings is 1. The Morgan fingerprint density at radius 2 is 2.07 bits per heavy atom. The molecule has 1 atom stereocenters. The number of benzene rings is 1. The highest BCUT2D eigenvalue weighted by atomic mass is 35.5. The summed E-state index contributed by atoms with van der Waals surface area (Å²) in [5.74, 6) is 0.683. The number of carbonyl (C=O) groups excluding carboxylic acids is 2. The molecule has 0 bridgehead atoms. The molecule has 1 aliphatic heterocycles. The molecular weight excluding hydrogens is 412 g/mol. The number of ketones is 1. The minimum Gasteiger partial charge on any atom is -0.491 e. The van der Waals surface area contributed by atoms with Crippen molar-refractivity contribution in [1.29, 1.82) is 0 Å². The molecule has 0 saturated heterocycles. The highest BCUT2D eigenvalue weighted by Crippen LogP contribution is 2.42. The van der Waals surface area contributed by atoms with Gasteiger partial charge in [0.05, 0.1) is 29.4 Å². The molecule has 1 unspecified atom stereocenters. The monoisotopic (exact) mass is 434 g/mol. The first-order chi connectivity index (χ1) is 14.2. The van der Waals surface area contributed by atoms with Gasteiger partial charge in [0, 0.05) is 23.9 Å². The van der Waals surface area contributed by atoms with Crippen LogP contribution in [0.3, 0.4) is 0 Å². The summed E-state index contributed by atoms with van der Waals surface area (Å²) in [6.45, 7) is 5.65. The third-order valence-corrected chi connectivity index (χ3v) is 5.23. The number of methoxy groups -OCH3 is 1. The van der Waals surface area contributed by atoms with Gasteiger partial charge in [-0.05, 0) is 18.9 Å². The Hall–Kier alpha value is -3.00. The first kappa shape index (κ1) is 21.7. The Morgan fingerprint density at radius 3 is 2.70 bits per heavy atom. The molecule has 1 aliphatic rings. The zero-order valence-corrected chi connectivity index (χ0v) is 17.9. The summed E-state index contributed by atoms with van der Waals surface area (Å²) in [6.07, 6.45) is 0.966. The number of rotatable bonds is 5. The Bertz CT molecular complexity index is 1050. The molecule has 1 aromatic heterocycles. The number of hydrogen-bond donors (Lipinski definition) is 1. The Balaban J connectivity index is 2.07. The number of alkyl carbamates (subject to hydrolysis) is 1. The molecule has 0 radical (unpaired) electrons. The lowest BCUT2D eigenvalue weighted by atomic mass is 10.0. The van der Waals surface area contributed by atoms with Gasteiger partial charge in [0.1, 0.15) is 18.1 Å². The van der Waals surface area contributed by atoms with Gasteiger partial charge in [-0.15, -0.1) is 0 Å². The van der Waals surface area contributed by atoms with Crippen molar-refractivity contribution in [1.82, 2.24) is 9.88 Å². The standard InChI is InChI=1S/C21H23ClN2O6/c1-11(2)17-9-29-19-7-20(30-10-23-21(27)28-4)15(22)5-13(19)16-6-18(26)14(12(3)25)8-24(16)17/h5-8,11,17H,9-10H2,1-4H3,(H,23,27). The van der Waals surface area contributed by atoms with Gasteiger partial charge in [0.25, 0.3) is 0 Å². The normalized spacial score (nSPS) is 14.8. The van der Waals surface area contributed by atoms with E-state index in [0.717, 1.165) is 0 Å². The van der Waals surface area contributed by atoms with E-state index in [4.69, 9.17) is 21.1 Å². The van der Waals surface area contributed by atoms with E-state index >= 15 is 0 Å². The molecule has 0 aliphatic carbocycles. The van der Waals surface area contributed by atoms with Crippen molar-refractivity contribution < 1.29 is 23.8 Å². The molecule has 2 heterocycles. The van der Waals surface area contributed by atoms with E-state index in [1.165, 1.54) is 20.1 Å². The number of amides is 1. The fraction of sp³-hybridized carbons (Fsp3) is 0.381. The van der Waals surface area contributed by atoms with E-state index in [-0.39, 0.29) is 40.5 Å². The maximum absolute atomic E-state index is 12.5. The number of nitrogens with zero attached hydrogens (tertiary/aromatic N) is 1. The Kier molecular flexibility index (Phi) is 6.36. The SMILES string of the molecule is COC(=O)NCOc1cc2c(cc1Cl)-c1cc(=O)c(C(C)=O)cn1C(C(C)C)CO2. The van der Waals surface area contributed by atoms with Crippen LogP contribution in [0.1, 0.15) is 37.2 Å². The number of fused-ring (bicyclic) bond motifs is 3. The zero-order chi connectivity index (χ0) is 22.0. The molecule has 2 aromatic rings. The van der Waals surface area contributed by atoms with Gasteiger partial charge in [0.15, 0.2) is 17.9 Å². The lowest BCUT2D eigenvalue weighted by Gasteiger charge is -2.24. The smallest absolute Gasteiger partial charge is 0.409 e. The van der Waals surface area contributed by atoms with Crippen LogP contribution in [0, 0.1) is 5.92 Å². The summed E-state index contributed by atoms with van der Waals surface area (Å²) in [4.78, 5) is 35.6. The third kappa shape index (κ3) is 4.28. The largest absolute Gasteiger partial charge is 0.491 e. The molecular formula is C21H23ClN2O6. The third-order valence-electron chi connectivity index (χ3n) is 4.93. The molecule has 9 heteroatoms. The van der Waals surface area contributed by atoms with Gasteiger partial charge >= 0.3 is 6.09 Å². The van der Waals surface area contributed by atoms with E-state index in [1.54, 1.807) is 18.3 Å². The molecule has 0 spiro atoms. The summed E-state index contributed by atoms with van der Waals surface area (Å²) in [6, 6.07) is 4.60. The highest BCUT2D eigenvalue weighted by Gasteiger charge is 2.27. The summed E-state index contributed by atoms with van der Waals surface area (Å²) in [7, 11) is 1.25. The average Bonchev–Trinajstić information content (AvgIpc) is 2.83. The maximum atomic E-state index is 12.5. The van der Waals surface area contributed by atoms with Crippen molar-refractivity contribution in [2.75, 3.05) is 20.4 Å². The van der Waals surface area contributed by atoms with E-state index in [2.05, 4.69) is 10.1 Å². The molecule has 0 fully saturated rings. The first-order valence-corrected chi connectivity index (χ1v) is 9.79. The van der Waals surface area contributed by atoms with Crippen molar-refractivity contribution in [3.8, 4) is 22.8 Å². The quantitative estimate of drug-likeness (QED) is 0.570. The fourth-order valence-corrected chi connectivity index (χ4v) is 3.50. The molecule has 30 heavy (non-hydrogen) atoms. The second-order valence-corrected chi connectivity index (χ2v) is 7.67. The van der Waals surface area contributed by atoms with Gasteiger partial charge in [0.2, 0.25) is 0 Å². The summed E-state index contributed by atoms with van der Waals surface area (Å²) >= 11 is 6.38. The minimum absolute atomic E-state index is 0.102. The van der Waals surface area contributed by atoms with Crippen molar-refractivity contribution >= 4 is 23.5 Å². The Labute approximate surface area is 178 Å². The number of carbonyl (C=O) groups is 2. The van der Waals surface area contributed by atoms with Crippen molar-refractivity contribution in [2.45, 2.75) is 26.8 Å². The van der Waals surface area contributed by atoms with Crippen LogP contribution in [0.25, 0.3) is 11.3 Å². The van der Waals surface area contributed by atoms with Crippen molar-refractivity contribution in [3.05, 3.63) is 45.2 Å². The first-order valence-electron chi connectivity index (χ1n) is 9.41. The van der Waals surface area contributed by atoms with Crippen LogP contribution in [0.15, 0.2) is 29.2 Å². The van der Waals surface area contributed by atoms with Gasteiger partial charge in [-0.2, -0.15) is 0 Å². The number of halogens is 1. The van der Waals surface area contributed by atoms with Crippen molar-refractivity contribution in [3.63, 3.8) is 0 Å². The van der Waals surface area contributed by atoms with Crippen LogP contribution < -0.4 is 20.2 Å². The van der Waals surface area contributed by atoms with E-state index in [1.807, 2.05) is 18.4 Å². The van der Waals surface area contributed by atoms with E-state index < -0.39 is 6.09 Å². The van der Waals surface area contributed by atoms with E-state index in [0.29, 0.717) is 29.4 Å². The summed E-state index contributed by atoms with van der Waals surface area (Å²) in [5.41, 5.74) is 0.997. The molecule has 0 saturated carbocycles. The summed E-state index contributed by atoms with van der Waals surface area (Å²) in [5, 5.41) is 2.68. The van der Waals surface area contributed by atoms with Gasteiger partial charge in [-0.1, -0.05) is 25.4 Å². The van der Waals surface area contributed by atoms with Crippen LogP contribution in [0.5, 0.6) is 11.5 Å². The average molecular weight is 435 g/mol. The van der Waals surface area contributed by atoms with Gasteiger partial charge < -0.3 is 18.8 Å². The second-order valence-electron chi connectivity index (χ2n) is 7.26. The lowest BCUT2D eigenvalue weighted by molar-refractivity contribution is 0.101. The molecule has 1 aromatic carbocycles. The Morgan fingerprint density at radius 1 is 1.33 bits per heavy atom. The molecule has 1 amide bonds. The molecule has 1 N–H and O–H groups in total. The summed E-state index contributed by atoms with van der Waals surface area (Å²) < 4.78 is 17.9. The van der Waals surface area contributed by atoms with Crippen LogP contribution in [-0.2, 0) is 4.74 Å². The molecule has 8 nitrogen and oxygen atoms in total. The van der Waals surface area contributed by atoms with Gasteiger partial charge in [-0.25, -0.2) is 4.79 Å². The predicted molar refractivity (Wildman–Crippen MR) is 112 cm³/mol. The van der Waals surface area contributed by atoms with Crippen LogP contribution in [-0.4, -0.2) is 36.9 Å². The van der Waals surface area contributed by atoms with Gasteiger partial charge in [-0.3, -0.25) is 14.9 Å².